The zero-order valence-corrected chi connectivity index (χ0v) is 20.0. The molecule has 0 radical (unpaired) electrons. The number of nitrogens with zero attached hydrogens (tertiary/aromatic N) is 3. The summed E-state index contributed by atoms with van der Waals surface area (Å²) in [7, 11) is 0. The highest BCUT2D eigenvalue weighted by molar-refractivity contribution is 8.00. The zero-order valence-electron chi connectivity index (χ0n) is 17.6. The van der Waals surface area contributed by atoms with Crippen LogP contribution in [0.3, 0.4) is 0 Å². The van der Waals surface area contributed by atoms with Gasteiger partial charge in [0.1, 0.15) is 29.9 Å². The molecule has 0 spiro atoms. The fourth-order valence-electron chi connectivity index (χ4n) is 3.52. The monoisotopic (exact) mass is 513 g/mol. The normalized spacial score (nSPS) is 21.8. The Kier molecular flexibility index (Phi) is 7.83. The van der Waals surface area contributed by atoms with Crippen molar-refractivity contribution in [2.75, 3.05) is 13.2 Å². The molecule has 0 saturated carbocycles. The standard InChI is InChI=1S/C22H22ClF2N3O3S2/c1-14(32-17-9-30-21(31-10-17)7-4-16-3-6-20(23)33-16)22(29,11-28-13-26-12-27-28)18-5-2-15(24)8-19(18)25/h2-8,12-14,17,21,29H,9-11H2,1H3/t14-,17?,21?,22?/m1/s1. The second kappa shape index (κ2) is 10.6. The van der Waals surface area contributed by atoms with Gasteiger partial charge >= 0.3 is 0 Å². The highest BCUT2D eigenvalue weighted by atomic mass is 35.5. The van der Waals surface area contributed by atoms with Crippen molar-refractivity contribution < 1.29 is 23.4 Å². The van der Waals surface area contributed by atoms with E-state index in [0.29, 0.717) is 17.6 Å². The number of rotatable bonds is 8. The summed E-state index contributed by atoms with van der Waals surface area (Å²) in [5.41, 5.74) is -1.68. The van der Waals surface area contributed by atoms with Crippen LogP contribution in [0.5, 0.6) is 0 Å². The van der Waals surface area contributed by atoms with Gasteiger partial charge in [0.15, 0.2) is 6.29 Å². The van der Waals surface area contributed by atoms with Gasteiger partial charge < -0.3 is 14.6 Å². The largest absolute Gasteiger partial charge is 0.382 e. The summed E-state index contributed by atoms with van der Waals surface area (Å²) in [6.45, 7) is 2.52. The first-order valence-electron chi connectivity index (χ1n) is 10.2. The van der Waals surface area contributed by atoms with Gasteiger partial charge in [0.25, 0.3) is 0 Å². The molecular formula is C22H22ClF2N3O3S2. The lowest BCUT2D eigenvalue weighted by atomic mass is 9.90. The number of hydrogen-bond acceptors (Lipinski definition) is 7. The van der Waals surface area contributed by atoms with Crippen LogP contribution in [0.1, 0.15) is 17.4 Å². The molecule has 1 saturated heterocycles. The Labute approximate surface area is 203 Å². The Morgan fingerprint density at radius 3 is 2.76 bits per heavy atom. The lowest BCUT2D eigenvalue weighted by Crippen LogP contribution is -2.43. The molecule has 1 aliphatic rings. The Morgan fingerprint density at radius 1 is 1.33 bits per heavy atom. The fourth-order valence-corrected chi connectivity index (χ4v) is 5.81. The van der Waals surface area contributed by atoms with Crippen LogP contribution in [0.15, 0.2) is 49.1 Å². The second-order valence-electron chi connectivity index (χ2n) is 7.58. The average molecular weight is 514 g/mol. The van der Waals surface area contributed by atoms with E-state index in [0.717, 1.165) is 17.0 Å². The molecule has 3 heterocycles. The number of halogens is 3. The lowest BCUT2D eigenvalue weighted by Gasteiger charge is -2.37. The van der Waals surface area contributed by atoms with Crippen LogP contribution in [0.2, 0.25) is 4.34 Å². The van der Waals surface area contributed by atoms with Gasteiger partial charge in [-0.25, -0.2) is 18.4 Å². The Bertz CT molecular complexity index is 1090. The summed E-state index contributed by atoms with van der Waals surface area (Å²) in [6, 6.07) is 6.91. The molecule has 1 aliphatic heterocycles. The summed E-state index contributed by atoms with van der Waals surface area (Å²) in [6.07, 6.45) is 6.00. The predicted molar refractivity (Wildman–Crippen MR) is 125 cm³/mol. The summed E-state index contributed by atoms with van der Waals surface area (Å²) in [4.78, 5) is 4.88. The van der Waals surface area contributed by atoms with Crippen LogP contribution in [0.4, 0.5) is 8.78 Å². The van der Waals surface area contributed by atoms with Gasteiger partial charge in [-0.2, -0.15) is 5.10 Å². The first-order valence-corrected chi connectivity index (χ1v) is 12.3. The number of benzene rings is 1. The van der Waals surface area contributed by atoms with Gasteiger partial charge in [-0.1, -0.05) is 24.6 Å². The quantitative estimate of drug-likeness (QED) is 0.469. The minimum absolute atomic E-state index is 0.00698. The van der Waals surface area contributed by atoms with E-state index < -0.39 is 28.8 Å². The van der Waals surface area contributed by atoms with E-state index in [-0.39, 0.29) is 17.4 Å². The molecule has 0 amide bonds. The third-order valence-corrected chi connectivity index (χ3v) is 7.89. The fraction of sp³-hybridized carbons (Fsp3) is 0.364. The maximum atomic E-state index is 14.7. The van der Waals surface area contributed by atoms with Crippen LogP contribution < -0.4 is 0 Å². The van der Waals surface area contributed by atoms with Crippen molar-refractivity contribution in [2.24, 2.45) is 0 Å². The predicted octanol–water partition coefficient (Wildman–Crippen LogP) is 4.74. The van der Waals surface area contributed by atoms with Gasteiger partial charge in [-0.05, 0) is 30.4 Å². The molecular weight excluding hydrogens is 492 g/mol. The maximum Gasteiger partial charge on any atom is 0.177 e. The highest BCUT2D eigenvalue weighted by Gasteiger charge is 2.41. The molecule has 6 nitrogen and oxygen atoms in total. The van der Waals surface area contributed by atoms with Gasteiger partial charge in [0.05, 0.1) is 29.3 Å². The minimum atomic E-state index is -1.68. The lowest BCUT2D eigenvalue weighted by molar-refractivity contribution is -0.146. The van der Waals surface area contributed by atoms with Crippen molar-refractivity contribution in [1.82, 2.24) is 14.8 Å². The van der Waals surface area contributed by atoms with Crippen molar-refractivity contribution in [3.63, 3.8) is 0 Å². The summed E-state index contributed by atoms with van der Waals surface area (Å²) in [5.74, 6) is -1.53. The molecule has 2 atom stereocenters. The van der Waals surface area contributed by atoms with Crippen LogP contribution in [-0.4, -0.2) is 49.9 Å². The molecule has 1 aromatic carbocycles. The van der Waals surface area contributed by atoms with E-state index in [1.54, 1.807) is 6.92 Å². The van der Waals surface area contributed by atoms with Gasteiger partial charge in [0, 0.05) is 21.8 Å². The summed E-state index contributed by atoms with van der Waals surface area (Å²) < 4.78 is 41.9. The second-order valence-corrected chi connectivity index (χ2v) is 11.0. The van der Waals surface area contributed by atoms with Crippen molar-refractivity contribution >= 4 is 40.8 Å². The number of hydrogen-bond donors (Lipinski definition) is 1. The number of aromatic nitrogens is 3. The van der Waals surface area contributed by atoms with Crippen LogP contribution in [-0.2, 0) is 21.6 Å². The Balaban J connectivity index is 1.43. The number of ether oxygens (including phenoxy) is 2. The molecule has 33 heavy (non-hydrogen) atoms. The Hall–Kier alpha value is -1.82. The third-order valence-electron chi connectivity index (χ3n) is 5.24. The van der Waals surface area contributed by atoms with E-state index in [9.17, 15) is 13.9 Å². The first-order chi connectivity index (χ1) is 15.8. The SMILES string of the molecule is C[C@@H](SC1COC(C=Cc2ccc(Cl)s2)OC1)C(O)(Cn1cncn1)c1ccc(F)cc1F. The highest BCUT2D eigenvalue weighted by Crippen LogP contribution is 2.38. The zero-order chi connectivity index (χ0) is 23.4. The maximum absolute atomic E-state index is 14.7. The topological polar surface area (TPSA) is 69.4 Å². The van der Waals surface area contributed by atoms with Crippen molar-refractivity contribution in [2.45, 2.75) is 35.9 Å². The smallest absolute Gasteiger partial charge is 0.177 e. The Morgan fingerprint density at radius 2 is 2.12 bits per heavy atom. The van der Waals surface area contributed by atoms with Crippen molar-refractivity contribution in [1.29, 1.82) is 0 Å². The summed E-state index contributed by atoms with van der Waals surface area (Å²) >= 11 is 8.82. The molecule has 2 aromatic heterocycles. The molecule has 3 aromatic rings. The van der Waals surface area contributed by atoms with Gasteiger partial charge in [-0.3, -0.25) is 0 Å². The van der Waals surface area contributed by atoms with E-state index in [1.807, 2.05) is 24.3 Å². The molecule has 0 aliphatic carbocycles. The van der Waals surface area contributed by atoms with E-state index in [1.165, 1.54) is 46.5 Å². The number of thioether (sulfide) groups is 1. The molecule has 1 fully saturated rings. The third kappa shape index (κ3) is 6.00. The average Bonchev–Trinajstić information content (AvgIpc) is 3.44. The van der Waals surface area contributed by atoms with E-state index in [4.69, 9.17) is 21.1 Å². The molecule has 0 bridgehead atoms. The summed E-state index contributed by atoms with van der Waals surface area (Å²) in [5, 5.41) is 15.1. The minimum Gasteiger partial charge on any atom is -0.382 e. The number of aliphatic hydroxyl groups is 1. The molecule has 11 heteroatoms. The number of thiophene rings is 1. The van der Waals surface area contributed by atoms with Crippen LogP contribution in [0.25, 0.3) is 6.08 Å². The van der Waals surface area contributed by atoms with E-state index >= 15 is 0 Å². The molecule has 4 rings (SSSR count). The van der Waals surface area contributed by atoms with Crippen molar-refractivity contribution in [3.05, 3.63) is 75.5 Å². The van der Waals surface area contributed by atoms with Crippen LogP contribution >= 0.6 is 34.7 Å². The van der Waals surface area contributed by atoms with Crippen molar-refractivity contribution in [3.8, 4) is 0 Å². The molecule has 176 valence electrons. The molecule has 1 unspecified atom stereocenters. The van der Waals surface area contributed by atoms with Gasteiger partial charge in [0.2, 0.25) is 0 Å². The van der Waals surface area contributed by atoms with Gasteiger partial charge in [-0.15, -0.1) is 23.1 Å². The van der Waals surface area contributed by atoms with E-state index in [2.05, 4.69) is 10.1 Å². The first kappa shape index (κ1) is 24.3. The van der Waals surface area contributed by atoms with Crippen LogP contribution in [0, 0.1) is 11.6 Å². The molecule has 1 N–H and O–H groups in total.